The van der Waals surface area contributed by atoms with Crippen molar-refractivity contribution < 1.29 is 9.47 Å². The summed E-state index contributed by atoms with van der Waals surface area (Å²) in [7, 11) is 3.49. The zero-order valence-corrected chi connectivity index (χ0v) is 10.9. The van der Waals surface area contributed by atoms with Crippen LogP contribution in [0.15, 0.2) is 30.3 Å². The molecule has 0 aromatic heterocycles. The van der Waals surface area contributed by atoms with Gasteiger partial charge in [0.25, 0.3) is 0 Å². The van der Waals surface area contributed by atoms with Gasteiger partial charge in [0.05, 0.1) is 11.7 Å². The van der Waals surface area contributed by atoms with E-state index in [1.807, 2.05) is 6.07 Å². The van der Waals surface area contributed by atoms with Crippen molar-refractivity contribution in [2.45, 2.75) is 38.4 Å². The minimum Gasteiger partial charge on any atom is -0.381 e. The van der Waals surface area contributed by atoms with Crippen LogP contribution in [0.4, 0.5) is 0 Å². The Morgan fingerprint density at radius 3 is 2.06 bits per heavy atom. The molecule has 0 bridgehead atoms. The van der Waals surface area contributed by atoms with Gasteiger partial charge in [0.1, 0.15) is 0 Å². The summed E-state index contributed by atoms with van der Waals surface area (Å²) in [5.41, 5.74) is 1.01. The number of methoxy groups -OCH3 is 2. The maximum Gasteiger partial charge on any atom is 0.0715 e. The Kier molecular flexibility index (Phi) is 4.51. The molecule has 2 atom stereocenters. The monoisotopic (exact) mass is 222 g/mol. The van der Waals surface area contributed by atoms with Gasteiger partial charge in [-0.2, -0.15) is 0 Å². The summed E-state index contributed by atoms with van der Waals surface area (Å²) in [6.45, 7) is 6.28. The third kappa shape index (κ3) is 2.83. The molecule has 0 aliphatic heterocycles. The van der Waals surface area contributed by atoms with Crippen molar-refractivity contribution in [2.75, 3.05) is 14.2 Å². The van der Waals surface area contributed by atoms with Crippen molar-refractivity contribution in [3.05, 3.63) is 35.9 Å². The Balaban J connectivity index is 3.06. The van der Waals surface area contributed by atoms with E-state index in [2.05, 4.69) is 45.0 Å². The van der Waals surface area contributed by atoms with Gasteiger partial charge in [-0.1, -0.05) is 30.3 Å². The summed E-state index contributed by atoms with van der Waals surface area (Å²) in [5, 5.41) is 0. The van der Waals surface area contributed by atoms with E-state index in [1.54, 1.807) is 14.2 Å². The van der Waals surface area contributed by atoms with E-state index in [0.717, 1.165) is 0 Å². The zero-order valence-electron chi connectivity index (χ0n) is 10.9. The average Bonchev–Trinajstić information content (AvgIpc) is 2.30. The molecule has 0 fully saturated rings. The van der Waals surface area contributed by atoms with Crippen LogP contribution in [0.1, 0.15) is 32.3 Å². The molecule has 0 spiro atoms. The molecule has 0 amide bonds. The summed E-state index contributed by atoms with van der Waals surface area (Å²) < 4.78 is 11.1. The van der Waals surface area contributed by atoms with Crippen LogP contribution >= 0.6 is 0 Å². The van der Waals surface area contributed by atoms with Gasteiger partial charge in [-0.25, -0.2) is 0 Å². The molecule has 0 N–H and O–H groups in total. The van der Waals surface area contributed by atoms with Gasteiger partial charge >= 0.3 is 0 Å². The lowest BCUT2D eigenvalue weighted by Gasteiger charge is -2.36. The van der Waals surface area contributed by atoms with Gasteiger partial charge in [0, 0.05) is 20.1 Å². The van der Waals surface area contributed by atoms with Crippen LogP contribution in [0.2, 0.25) is 0 Å². The molecule has 1 aromatic rings. The fourth-order valence-electron chi connectivity index (χ4n) is 2.16. The fourth-order valence-corrected chi connectivity index (χ4v) is 2.16. The number of hydrogen-bond donors (Lipinski definition) is 0. The fraction of sp³-hybridized carbons (Fsp3) is 0.571. The van der Waals surface area contributed by atoms with E-state index >= 15 is 0 Å². The van der Waals surface area contributed by atoms with Crippen molar-refractivity contribution in [3.63, 3.8) is 0 Å². The molecule has 2 heteroatoms. The second-order valence-corrected chi connectivity index (χ2v) is 4.64. The molecule has 0 aliphatic carbocycles. The summed E-state index contributed by atoms with van der Waals surface area (Å²) in [4.78, 5) is 0. The highest BCUT2D eigenvalue weighted by atomic mass is 16.5. The van der Waals surface area contributed by atoms with Gasteiger partial charge in [-0.3, -0.25) is 0 Å². The maximum absolute atomic E-state index is 5.60. The highest BCUT2D eigenvalue weighted by Crippen LogP contribution is 2.34. The SMILES string of the molecule is COC(C)C(c1ccccc1)C(C)(C)OC. The molecule has 0 radical (unpaired) electrons. The largest absolute Gasteiger partial charge is 0.381 e. The van der Waals surface area contributed by atoms with E-state index in [9.17, 15) is 0 Å². The smallest absolute Gasteiger partial charge is 0.0715 e. The Hall–Kier alpha value is -0.860. The molecule has 2 nitrogen and oxygen atoms in total. The standard InChI is InChI=1S/C14H22O2/c1-11(15-4)13(14(2,3)16-5)12-9-7-6-8-10-12/h6-11,13H,1-5H3. The highest BCUT2D eigenvalue weighted by Gasteiger charge is 2.35. The number of benzene rings is 1. The predicted octanol–water partition coefficient (Wildman–Crippen LogP) is 3.23. The summed E-state index contributed by atoms with van der Waals surface area (Å²) in [5.74, 6) is 0.226. The van der Waals surface area contributed by atoms with E-state index in [0.29, 0.717) is 0 Å². The molecule has 0 aliphatic rings. The third-order valence-electron chi connectivity index (χ3n) is 3.27. The Morgan fingerprint density at radius 1 is 1.06 bits per heavy atom. The highest BCUT2D eigenvalue weighted by molar-refractivity contribution is 5.23. The molecule has 1 aromatic carbocycles. The third-order valence-corrected chi connectivity index (χ3v) is 3.27. The van der Waals surface area contributed by atoms with Crippen LogP contribution in [0.3, 0.4) is 0 Å². The van der Waals surface area contributed by atoms with Gasteiger partial charge < -0.3 is 9.47 Å². The normalized spacial score (nSPS) is 15.8. The lowest BCUT2D eigenvalue weighted by atomic mass is 9.81. The summed E-state index contributed by atoms with van der Waals surface area (Å²) in [6.07, 6.45) is 0.123. The molecule has 0 heterocycles. The Morgan fingerprint density at radius 2 is 1.62 bits per heavy atom. The van der Waals surface area contributed by atoms with Gasteiger partial charge in [0.2, 0.25) is 0 Å². The molecular formula is C14H22O2. The van der Waals surface area contributed by atoms with Crippen molar-refractivity contribution in [2.24, 2.45) is 0 Å². The zero-order chi connectivity index (χ0) is 12.2. The Labute approximate surface area is 98.6 Å². The summed E-state index contributed by atoms with van der Waals surface area (Å²) >= 11 is 0. The molecule has 90 valence electrons. The van der Waals surface area contributed by atoms with Crippen molar-refractivity contribution in [1.29, 1.82) is 0 Å². The first-order valence-electron chi connectivity index (χ1n) is 5.66. The quantitative estimate of drug-likeness (QED) is 0.761. The topological polar surface area (TPSA) is 18.5 Å². The van der Waals surface area contributed by atoms with Crippen LogP contribution in [0.5, 0.6) is 0 Å². The molecule has 0 saturated heterocycles. The molecular weight excluding hydrogens is 200 g/mol. The molecule has 16 heavy (non-hydrogen) atoms. The van der Waals surface area contributed by atoms with E-state index in [4.69, 9.17) is 9.47 Å². The lowest BCUT2D eigenvalue weighted by molar-refractivity contribution is -0.0482. The van der Waals surface area contributed by atoms with Gasteiger partial charge in [-0.05, 0) is 26.3 Å². The predicted molar refractivity (Wildman–Crippen MR) is 66.7 cm³/mol. The second-order valence-electron chi connectivity index (χ2n) is 4.64. The van der Waals surface area contributed by atoms with Crippen LogP contribution in [-0.4, -0.2) is 25.9 Å². The van der Waals surface area contributed by atoms with Gasteiger partial charge in [-0.15, -0.1) is 0 Å². The van der Waals surface area contributed by atoms with Crippen LogP contribution < -0.4 is 0 Å². The van der Waals surface area contributed by atoms with E-state index < -0.39 is 0 Å². The minimum absolute atomic E-state index is 0.123. The molecule has 0 saturated carbocycles. The van der Waals surface area contributed by atoms with Crippen molar-refractivity contribution >= 4 is 0 Å². The number of ether oxygens (including phenoxy) is 2. The minimum atomic E-state index is -0.239. The summed E-state index contributed by atoms with van der Waals surface area (Å²) in [6, 6.07) is 10.4. The Bertz CT molecular complexity index is 306. The van der Waals surface area contributed by atoms with E-state index in [-0.39, 0.29) is 17.6 Å². The second kappa shape index (κ2) is 5.46. The first kappa shape index (κ1) is 13.2. The van der Waals surface area contributed by atoms with E-state index in [1.165, 1.54) is 5.56 Å². The maximum atomic E-state index is 5.60. The average molecular weight is 222 g/mol. The molecule has 2 unspecified atom stereocenters. The van der Waals surface area contributed by atoms with Crippen LogP contribution in [-0.2, 0) is 9.47 Å². The lowest BCUT2D eigenvalue weighted by Crippen LogP contribution is -2.38. The van der Waals surface area contributed by atoms with Crippen molar-refractivity contribution in [1.82, 2.24) is 0 Å². The van der Waals surface area contributed by atoms with Gasteiger partial charge in [0.15, 0.2) is 0 Å². The number of rotatable bonds is 5. The number of hydrogen-bond acceptors (Lipinski definition) is 2. The molecule has 1 rings (SSSR count). The van der Waals surface area contributed by atoms with Crippen LogP contribution in [0.25, 0.3) is 0 Å². The first-order valence-corrected chi connectivity index (χ1v) is 5.66. The van der Waals surface area contributed by atoms with Crippen molar-refractivity contribution in [3.8, 4) is 0 Å². The first-order chi connectivity index (χ1) is 7.53. The van der Waals surface area contributed by atoms with Crippen LogP contribution in [0, 0.1) is 0 Å².